The molecule has 1 aromatic heterocycles. The van der Waals surface area contributed by atoms with Crippen molar-refractivity contribution in [3.63, 3.8) is 0 Å². The number of carboxylic acid groups (broad SMARTS) is 2. The van der Waals surface area contributed by atoms with Crippen molar-refractivity contribution in [2.24, 2.45) is 5.92 Å². The molecule has 0 unspecified atom stereocenters. The van der Waals surface area contributed by atoms with E-state index in [1.54, 1.807) is 0 Å². The summed E-state index contributed by atoms with van der Waals surface area (Å²) >= 11 is 0. The van der Waals surface area contributed by atoms with Gasteiger partial charge in [-0.3, -0.25) is 9.69 Å². The minimum Gasteiger partial charge on any atom is -0.480 e. The minimum absolute atomic E-state index is 0. The number of carbonyl (C=O) groups is 2. The zero-order valence-corrected chi connectivity index (χ0v) is 23.3. The molecule has 5 rings (SSSR count). The molecule has 0 amide bonds. The van der Waals surface area contributed by atoms with Gasteiger partial charge in [0.25, 0.3) is 0 Å². The summed E-state index contributed by atoms with van der Waals surface area (Å²) in [7, 11) is 0. The standard InChI is InChI=1S/C28H31N5O2.C2HF3O2.H2O/c29-18-22-3-6-24(7-4-22)33-26-17-21(2-1-20-9-13-30-14-10-20)5-8-25(26)28(31-33)23-11-15-32(16-12-23)19-27(34)35;3-2(4,5)1(6)7;/h1-8,17,20,23,30H,9-16,19H2,(H,34,35);(H,6,7);1H2. The molecule has 2 aliphatic rings. The van der Waals surface area contributed by atoms with Crippen molar-refractivity contribution in [3.8, 4) is 11.8 Å². The molecule has 3 aromatic rings. The van der Waals surface area contributed by atoms with Gasteiger partial charge in [0.2, 0.25) is 0 Å². The Morgan fingerprint density at radius 1 is 1.05 bits per heavy atom. The molecule has 0 saturated carbocycles. The summed E-state index contributed by atoms with van der Waals surface area (Å²) in [6, 6.07) is 16.3. The van der Waals surface area contributed by atoms with Crippen LogP contribution in [-0.2, 0) is 9.59 Å². The van der Waals surface area contributed by atoms with Gasteiger partial charge in [0.15, 0.2) is 0 Å². The van der Waals surface area contributed by atoms with Crippen LogP contribution in [-0.4, -0.2) is 81.2 Å². The highest BCUT2D eigenvalue weighted by Crippen LogP contribution is 2.34. The molecule has 0 aliphatic carbocycles. The van der Waals surface area contributed by atoms with Crippen molar-refractivity contribution in [1.82, 2.24) is 20.0 Å². The molecule has 0 spiro atoms. The molecule has 0 atom stereocenters. The minimum atomic E-state index is -5.08. The van der Waals surface area contributed by atoms with E-state index in [2.05, 4.69) is 41.7 Å². The number of alkyl halides is 3. The van der Waals surface area contributed by atoms with Gasteiger partial charge in [-0.05, 0) is 93.7 Å². The van der Waals surface area contributed by atoms with Gasteiger partial charge in [0, 0.05) is 11.3 Å². The van der Waals surface area contributed by atoms with Crippen molar-refractivity contribution in [2.75, 3.05) is 32.7 Å². The van der Waals surface area contributed by atoms with E-state index in [4.69, 9.17) is 20.1 Å². The number of rotatable bonds is 6. The normalized spacial score (nSPS) is 16.7. The maximum Gasteiger partial charge on any atom is 0.490 e. The highest BCUT2D eigenvalue weighted by molar-refractivity contribution is 5.86. The number of halogens is 3. The van der Waals surface area contributed by atoms with E-state index in [1.165, 1.54) is 12.8 Å². The maximum absolute atomic E-state index is 11.1. The number of nitrogens with zero attached hydrogens (tertiary/aromatic N) is 4. The predicted octanol–water partition coefficient (Wildman–Crippen LogP) is 3.98. The molecule has 230 valence electrons. The van der Waals surface area contributed by atoms with E-state index in [-0.39, 0.29) is 12.0 Å². The number of nitriles is 1. The van der Waals surface area contributed by atoms with Gasteiger partial charge < -0.3 is 21.0 Å². The fourth-order valence-corrected chi connectivity index (χ4v) is 5.27. The van der Waals surface area contributed by atoms with Crippen LogP contribution in [0.5, 0.6) is 0 Å². The molecule has 2 aromatic carbocycles. The highest BCUT2D eigenvalue weighted by Gasteiger charge is 2.38. The number of nitrogens with one attached hydrogen (secondary N) is 1. The Hall–Kier alpha value is -4.25. The third-order valence-electron chi connectivity index (χ3n) is 7.49. The summed E-state index contributed by atoms with van der Waals surface area (Å²) in [6.45, 7) is 3.78. The molecule has 10 nitrogen and oxygen atoms in total. The number of aromatic nitrogens is 2. The molecule has 5 N–H and O–H groups in total. The first-order valence-corrected chi connectivity index (χ1v) is 13.7. The lowest BCUT2D eigenvalue weighted by molar-refractivity contribution is -0.192. The Morgan fingerprint density at radius 3 is 2.23 bits per heavy atom. The number of aliphatic carboxylic acids is 2. The zero-order chi connectivity index (χ0) is 30.3. The number of hydrogen-bond donors (Lipinski definition) is 3. The van der Waals surface area contributed by atoms with Crippen LogP contribution < -0.4 is 5.32 Å². The quantitative estimate of drug-likeness (QED) is 0.382. The van der Waals surface area contributed by atoms with Crippen LogP contribution in [0.25, 0.3) is 22.7 Å². The van der Waals surface area contributed by atoms with Crippen LogP contribution in [0.15, 0.2) is 48.5 Å². The summed E-state index contributed by atoms with van der Waals surface area (Å²) in [5, 5.41) is 35.1. The smallest absolute Gasteiger partial charge is 0.480 e. The number of hydrogen-bond acceptors (Lipinski definition) is 6. The second-order valence-electron chi connectivity index (χ2n) is 10.4. The number of piperidine rings is 2. The van der Waals surface area contributed by atoms with Crippen molar-refractivity contribution in [2.45, 2.75) is 37.8 Å². The van der Waals surface area contributed by atoms with Gasteiger partial charge in [0.05, 0.1) is 35.1 Å². The van der Waals surface area contributed by atoms with Crippen LogP contribution in [0.4, 0.5) is 13.2 Å². The lowest BCUT2D eigenvalue weighted by Crippen LogP contribution is -2.36. The Morgan fingerprint density at radius 2 is 1.67 bits per heavy atom. The van der Waals surface area contributed by atoms with Gasteiger partial charge >= 0.3 is 18.1 Å². The maximum atomic E-state index is 11.1. The summed E-state index contributed by atoms with van der Waals surface area (Å²) in [5.41, 5.74) is 4.86. The zero-order valence-electron chi connectivity index (χ0n) is 23.3. The first kappa shape index (κ1) is 33.3. The molecular formula is C30H34F3N5O5. The first-order valence-electron chi connectivity index (χ1n) is 13.7. The molecule has 0 radical (unpaired) electrons. The highest BCUT2D eigenvalue weighted by atomic mass is 19.4. The molecule has 3 heterocycles. The molecule has 2 aliphatic heterocycles. The van der Waals surface area contributed by atoms with Gasteiger partial charge in [-0.1, -0.05) is 24.3 Å². The second-order valence-corrected chi connectivity index (χ2v) is 10.4. The fraction of sp³-hybridized carbons (Fsp3) is 0.400. The number of fused-ring (bicyclic) bond motifs is 1. The molecule has 2 saturated heterocycles. The van der Waals surface area contributed by atoms with Crippen LogP contribution in [0.1, 0.15) is 48.4 Å². The monoisotopic (exact) mass is 601 g/mol. The predicted molar refractivity (Wildman–Crippen MR) is 154 cm³/mol. The largest absolute Gasteiger partial charge is 0.490 e. The molecule has 0 bridgehead atoms. The fourth-order valence-electron chi connectivity index (χ4n) is 5.27. The van der Waals surface area contributed by atoms with Gasteiger partial charge in [0.1, 0.15) is 0 Å². The van der Waals surface area contributed by atoms with E-state index in [1.807, 2.05) is 33.8 Å². The van der Waals surface area contributed by atoms with E-state index in [0.29, 0.717) is 17.4 Å². The van der Waals surface area contributed by atoms with Crippen LogP contribution in [0.2, 0.25) is 0 Å². The van der Waals surface area contributed by atoms with Crippen LogP contribution in [0.3, 0.4) is 0 Å². The number of benzene rings is 2. The SMILES string of the molecule is N#Cc1ccc(-n2nc(C3CCN(CC(=O)O)CC3)c3ccc(C=CC4CCNCC4)cc32)cc1.O.O=C(O)C(F)(F)F. The summed E-state index contributed by atoms with van der Waals surface area (Å²) in [6.07, 6.45) is 3.62. The van der Waals surface area contributed by atoms with Crippen LogP contribution in [0, 0.1) is 17.2 Å². The lowest BCUT2D eigenvalue weighted by atomic mass is 9.91. The summed E-state index contributed by atoms with van der Waals surface area (Å²) in [4.78, 5) is 22.0. The average Bonchev–Trinajstić information content (AvgIpc) is 3.35. The Kier molecular flexibility index (Phi) is 11.4. The number of likely N-dealkylation sites (tertiary alicyclic amines) is 1. The van der Waals surface area contributed by atoms with E-state index < -0.39 is 18.1 Å². The molecule has 2 fully saturated rings. The van der Waals surface area contributed by atoms with Crippen molar-refractivity contribution in [1.29, 1.82) is 5.26 Å². The van der Waals surface area contributed by atoms with Crippen LogP contribution >= 0.6 is 0 Å². The van der Waals surface area contributed by atoms with Gasteiger partial charge in [-0.15, -0.1) is 0 Å². The Labute approximate surface area is 246 Å². The second kappa shape index (κ2) is 14.8. The van der Waals surface area contributed by atoms with Gasteiger partial charge in [-0.25, -0.2) is 9.48 Å². The molecular weight excluding hydrogens is 567 g/mol. The number of allylic oxidation sites excluding steroid dienone is 1. The number of carboxylic acids is 2. The summed E-state index contributed by atoms with van der Waals surface area (Å²) in [5.74, 6) is -2.63. The first-order chi connectivity index (χ1) is 20.0. The van der Waals surface area contributed by atoms with Crippen molar-refractivity contribution >= 4 is 28.9 Å². The van der Waals surface area contributed by atoms with Crippen molar-refractivity contribution in [3.05, 3.63) is 65.4 Å². The summed E-state index contributed by atoms with van der Waals surface area (Å²) < 4.78 is 33.7. The topological polar surface area (TPSA) is 163 Å². The van der Waals surface area contributed by atoms with Crippen molar-refractivity contribution < 1.29 is 38.4 Å². The third kappa shape index (κ3) is 8.87. The van der Waals surface area contributed by atoms with E-state index >= 15 is 0 Å². The lowest BCUT2D eigenvalue weighted by Gasteiger charge is -2.30. The average molecular weight is 602 g/mol. The van der Waals surface area contributed by atoms with E-state index in [9.17, 15) is 23.2 Å². The third-order valence-corrected chi connectivity index (χ3v) is 7.49. The Bertz CT molecular complexity index is 1470. The van der Waals surface area contributed by atoms with Gasteiger partial charge in [-0.2, -0.15) is 23.5 Å². The Balaban J connectivity index is 0.000000567. The van der Waals surface area contributed by atoms with E-state index in [0.717, 1.165) is 66.9 Å². The molecule has 43 heavy (non-hydrogen) atoms. The molecule has 13 heteroatoms.